The molecular weight excluding hydrogens is 1110 g/mol. The minimum absolute atomic E-state index is 0. The summed E-state index contributed by atoms with van der Waals surface area (Å²) in [5.41, 5.74) is 17.3. The SMILES string of the molecule is Fc1c[c-]c(-c2ccc(CCc3cc(CCc4ccc(-c5[c-]cc(F)cc5F)nc4)cc(-c4ccccc4-c4cnc(-c5[c-]c(-c6ccccc6)ccc5)cc4-c4ccc(-c5ccccc5)cc4)c3)cn2)c(F)c1.[Ir+3]. The van der Waals surface area contributed by atoms with E-state index in [2.05, 4.69) is 156 Å². The van der Waals surface area contributed by atoms with Gasteiger partial charge in [-0.2, -0.15) is 0 Å². The molecule has 3 heterocycles. The molecule has 0 radical (unpaired) electrons. The molecule has 0 aliphatic carbocycles. The molecule has 0 aliphatic heterocycles. The third-order valence-electron chi connectivity index (χ3n) is 13.2. The van der Waals surface area contributed by atoms with Crippen LogP contribution in [0, 0.1) is 41.5 Å². The largest absolute Gasteiger partial charge is 3.00 e. The number of pyridine rings is 3. The Morgan fingerprint density at radius 3 is 1.39 bits per heavy atom. The molecule has 364 valence electrons. The van der Waals surface area contributed by atoms with Gasteiger partial charge in [0.2, 0.25) is 0 Å². The van der Waals surface area contributed by atoms with Crippen molar-refractivity contribution in [2.24, 2.45) is 0 Å². The van der Waals surface area contributed by atoms with Gasteiger partial charge in [-0.15, -0.1) is 54.1 Å². The van der Waals surface area contributed by atoms with Crippen LogP contribution in [0.4, 0.5) is 17.6 Å². The number of halogens is 4. The molecule has 0 saturated heterocycles. The van der Waals surface area contributed by atoms with Crippen LogP contribution in [-0.2, 0) is 45.8 Å². The first-order valence-corrected chi connectivity index (χ1v) is 24.4. The summed E-state index contributed by atoms with van der Waals surface area (Å²) in [6.07, 6.45) is 8.15. The van der Waals surface area contributed by atoms with Crippen molar-refractivity contribution in [2.45, 2.75) is 25.7 Å². The zero-order valence-electron chi connectivity index (χ0n) is 40.3. The first kappa shape index (κ1) is 50.1. The van der Waals surface area contributed by atoms with Gasteiger partial charge < -0.3 is 9.97 Å². The monoisotopic (exact) mass is 1160 g/mol. The molecule has 0 bridgehead atoms. The molecule has 11 rings (SSSR count). The molecule has 3 aromatic heterocycles. The van der Waals surface area contributed by atoms with Gasteiger partial charge in [-0.3, -0.25) is 22.5 Å². The molecule has 8 aromatic carbocycles. The zero-order valence-corrected chi connectivity index (χ0v) is 42.7. The maximum atomic E-state index is 14.6. The van der Waals surface area contributed by atoms with Gasteiger partial charge in [0.15, 0.2) is 0 Å². The van der Waals surface area contributed by atoms with E-state index in [0.717, 1.165) is 113 Å². The Labute approximate surface area is 447 Å². The third kappa shape index (κ3) is 11.5. The van der Waals surface area contributed by atoms with Crippen LogP contribution in [0.5, 0.6) is 0 Å². The van der Waals surface area contributed by atoms with E-state index < -0.39 is 23.3 Å². The predicted molar refractivity (Wildman–Crippen MR) is 287 cm³/mol. The van der Waals surface area contributed by atoms with Gasteiger partial charge in [-0.25, -0.2) is 0 Å². The summed E-state index contributed by atoms with van der Waals surface area (Å²) in [6, 6.07) is 73.1. The Bertz CT molecular complexity index is 3640. The number of aryl methyl sites for hydroxylation is 4. The van der Waals surface area contributed by atoms with Crippen LogP contribution in [0.3, 0.4) is 0 Å². The van der Waals surface area contributed by atoms with Crippen molar-refractivity contribution in [2.75, 3.05) is 0 Å². The number of benzene rings is 8. The van der Waals surface area contributed by atoms with E-state index in [1.165, 1.54) is 0 Å². The van der Waals surface area contributed by atoms with E-state index in [-0.39, 0.29) is 31.2 Å². The topological polar surface area (TPSA) is 38.7 Å². The van der Waals surface area contributed by atoms with Crippen LogP contribution in [0.25, 0.3) is 89.4 Å². The predicted octanol–water partition coefficient (Wildman–Crippen LogP) is 16.7. The van der Waals surface area contributed by atoms with E-state index in [0.29, 0.717) is 37.1 Å². The molecule has 75 heavy (non-hydrogen) atoms. The number of hydrogen-bond donors (Lipinski definition) is 0. The molecule has 0 N–H and O–H groups in total. The van der Waals surface area contributed by atoms with E-state index in [1.807, 2.05) is 42.6 Å². The Morgan fingerprint density at radius 1 is 0.333 bits per heavy atom. The second kappa shape index (κ2) is 22.8. The van der Waals surface area contributed by atoms with Crippen LogP contribution in [-0.4, -0.2) is 15.0 Å². The molecule has 0 fully saturated rings. The molecule has 11 aromatic rings. The number of hydrogen-bond acceptors (Lipinski definition) is 3. The number of nitrogens with zero attached hydrogens (tertiary/aromatic N) is 3. The van der Waals surface area contributed by atoms with Gasteiger partial charge in [0.25, 0.3) is 0 Å². The van der Waals surface area contributed by atoms with Gasteiger partial charge >= 0.3 is 20.1 Å². The minimum atomic E-state index is -0.714. The number of rotatable bonds is 14. The summed E-state index contributed by atoms with van der Waals surface area (Å²) in [5, 5.41) is 0. The van der Waals surface area contributed by atoms with E-state index in [9.17, 15) is 17.6 Å². The van der Waals surface area contributed by atoms with Crippen molar-refractivity contribution >= 4 is 0 Å². The fourth-order valence-corrected chi connectivity index (χ4v) is 9.41. The molecule has 0 aliphatic rings. The van der Waals surface area contributed by atoms with Crippen LogP contribution >= 0.6 is 0 Å². The maximum absolute atomic E-state index is 14.6. The summed E-state index contributed by atoms with van der Waals surface area (Å²) in [7, 11) is 0. The van der Waals surface area contributed by atoms with E-state index in [1.54, 1.807) is 24.5 Å². The first-order valence-electron chi connectivity index (χ1n) is 24.4. The van der Waals surface area contributed by atoms with Crippen LogP contribution in [0.15, 0.2) is 219 Å². The summed E-state index contributed by atoms with van der Waals surface area (Å²) >= 11 is 0. The van der Waals surface area contributed by atoms with Crippen molar-refractivity contribution in [3.63, 3.8) is 0 Å². The normalized spacial score (nSPS) is 11.0. The molecule has 0 spiro atoms. The van der Waals surface area contributed by atoms with Crippen molar-refractivity contribution < 1.29 is 37.7 Å². The molecule has 0 amide bonds. The molecule has 3 nitrogen and oxygen atoms in total. The van der Waals surface area contributed by atoms with Crippen LogP contribution < -0.4 is 0 Å². The Morgan fingerprint density at radius 2 is 0.827 bits per heavy atom. The van der Waals surface area contributed by atoms with Gasteiger partial charge in [0.05, 0.1) is 0 Å². The summed E-state index contributed by atoms with van der Waals surface area (Å²) in [6.45, 7) is 0. The van der Waals surface area contributed by atoms with Gasteiger partial charge in [0.1, 0.15) is 0 Å². The molecule has 0 atom stereocenters. The van der Waals surface area contributed by atoms with E-state index >= 15 is 0 Å². The molecule has 0 unspecified atom stereocenters. The van der Waals surface area contributed by atoms with Crippen molar-refractivity contribution in [3.05, 3.63) is 283 Å². The number of aromatic nitrogens is 3. The van der Waals surface area contributed by atoms with Gasteiger partial charge in [0, 0.05) is 53.1 Å². The van der Waals surface area contributed by atoms with E-state index in [4.69, 9.17) is 4.98 Å². The molecule has 0 saturated carbocycles. The average molecular weight is 1160 g/mol. The Hall–Kier alpha value is -8.42. The van der Waals surface area contributed by atoms with Gasteiger partial charge in [-0.1, -0.05) is 192 Å². The molecular formula is C67H44F4IrN3. The Kier molecular flexibility index (Phi) is 15.2. The van der Waals surface area contributed by atoms with Gasteiger partial charge in [-0.05, 0) is 98.3 Å². The standard InChI is InChI=1S/C67H44F4N3.Ir/c68-55-28-30-59(63(70)38-55)65-32-22-44(41-72-65)18-20-46-34-47(21-19-45-23-33-66(73-42-45)60-31-29-56(69)39-64(60)71)36-54(35-46)57-16-7-8-17-58(57)62-43-74-67(53-15-9-14-52(37-53)49-12-5-2-6-13-49)40-61(62)51-26-24-50(25-27-51)48-10-3-1-4-11-48;/h1-17,22-29,32-36,38-43H,18-21H2;/q-3;+3. The fraction of sp³-hybridized carbons (Fsp3) is 0.0597. The quantitative estimate of drug-likeness (QED) is 0.0804. The van der Waals surface area contributed by atoms with Crippen LogP contribution in [0.2, 0.25) is 0 Å². The Balaban J connectivity index is 0.00000641. The minimum Gasteiger partial charge on any atom is -0.304 e. The smallest absolute Gasteiger partial charge is 0.304 e. The first-order chi connectivity index (χ1) is 36.3. The summed E-state index contributed by atoms with van der Waals surface area (Å²) in [5.74, 6) is -2.81. The van der Waals surface area contributed by atoms with Crippen LogP contribution in [0.1, 0.15) is 22.3 Å². The summed E-state index contributed by atoms with van der Waals surface area (Å²) < 4.78 is 56.6. The van der Waals surface area contributed by atoms with Crippen molar-refractivity contribution in [1.82, 2.24) is 15.0 Å². The third-order valence-corrected chi connectivity index (χ3v) is 13.2. The fourth-order valence-electron chi connectivity index (χ4n) is 9.41. The zero-order chi connectivity index (χ0) is 50.4. The average Bonchev–Trinajstić information content (AvgIpc) is 3.45. The summed E-state index contributed by atoms with van der Waals surface area (Å²) in [4.78, 5) is 14.2. The second-order valence-electron chi connectivity index (χ2n) is 18.2. The molecule has 8 heteroatoms. The maximum Gasteiger partial charge on any atom is 3.00 e. The second-order valence-corrected chi connectivity index (χ2v) is 18.2. The van der Waals surface area contributed by atoms with Crippen molar-refractivity contribution in [1.29, 1.82) is 0 Å². The van der Waals surface area contributed by atoms with Crippen molar-refractivity contribution in [3.8, 4) is 89.4 Å².